The number of nitriles is 1. The van der Waals surface area contributed by atoms with E-state index in [-0.39, 0.29) is 0 Å². The minimum absolute atomic E-state index is 0.544. The van der Waals surface area contributed by atoms with Crippen molar-refractivity contribution in [2.24, 2.45) is 0 Å². The first-order valence-electron chi connectivity index (χ1n) is 7.34. The molecule has 0 atom stereocenters. The van der Waals surface area contributed by atoms with Crippen LogP contribution in [0.4, 0.5) is 0 Å². The van der Waals surface area contributed by atoms with Crippen LogP contribution < -0.4 is 0 Å². The molecule has 4 nitrogen and oxygen atoms in total. The van der Waals surface area contributed by atoms with E-state index in [1.165, 1.54) is 5.56 Å². The molecule has 0 bridgehead atoms. The number of halogens is 1. The van der Waals surface area contributed by atoms with E-state index in [9.17, 15) is 0 Å². The van der Waals surface area contributed by atoms with E-state index in [0.29, 0.717) is 13.0 Å². The van der Waals surface area contributed by atoms with Crippen LogP contribution in [0.3, 0.4) is 0 Å². The van der Waals surface area contributed by atoms with Crippen LogP contribution in [0.15, 0.2) is 24.3 Å². The second-order valence-electron chi connectivity index (χ2n) is 5.54. The van der Waals surface area contributed by atoms with Crippen LogP contribution in [0, 0.1) is 25.2 Å². The third-order valence-corrected chi connectivity index (χ3v) is 4.21. The van der Waals surface area contributed by atoms with Gasteiger partial charge in [-0.25, -0.2) is 0 Å². The lowest BCUT2D eigenvalue weighted by Crippen LogP contribution is -2.19. The fraction of sp³-hybridized carbons (Fsp3) is 0.412. The molecule has 0 radical (unpaired) electrons. The molecule has 0 saturated carbocycles. The monoisotopic (exact) mass is 316 g/mol. The lowest BCUT2D eigenvalue weighted by Gasteiger charge is -2.15. The van der Waals surface area contributed by atoms with Crippen LogP contribution in [-0.4, -0.2) is 28.3 Å². The van der Waals surface area contributed by atoms with Gasteiger partial charge in [0, 0.05) is 35.8 Å². The van der Waals surface area contributed by atoms with Gasteiger partial charge in [-0.1, -0.05) is 29.8 Å². The van der Waals surface area contributed by atoms with Crippen molar-refractivity contribution in [1.29, 1.82) is 5.26 Å². The molecule has 1 aromatic heterocycles. The molecule has 0 aliphatic rings. The number of aromatic nitrogens is 2. The molecule has 0 aliphatic heterocycles. The van der Waals surface area contributed by atoms with Gasteiger partial charge in [-0.15, -0.1) is 0 Å². The van der Waals surface area contributed by atoms with E-state index < -0.39 is 0 Å². The van der Waals surface area contributed by atoms with Crippen molar-refractivity contribution in [3.8, 4) is 6.07 Å². The molecular weight excluding hydrogens is 296 g/mol. The Balaban J connectivity index is 2.17. The zero-order valence-corrected chi connectivity index (χ0v) is 14.1. The fourth-order valence-corrected chi connectivity index (χ4v) is 2.69. The molecule has 5 heteroatoms. The molecule has 0 fully saturated rings. The summed E-state index contributed by atoms with van der Waals surface area (Å²) in [5.41, 5.74) is 4.49. The standard InChI is InChI=1S/C17H21ClN4/c1-13-16(12-21(3)10-6-9-19)14(2)22(20-13)11-15-7-4-5-8-17(15)18/h4-5,7-8H,6,10-12H2,1-3H3. The largest absolute Gasteiger partial charge is 0.301 e. The van der Waals surface area contributed by atoms with Crippen molar-refractivity contribution >= 4 is 11.6 Å². The van der Waals surface area contributed by atoms with Crippen LogP contribution in [-0.2, 0) is 13.1 Å². The molecule has 22 heavy (non-hydrogen) atoms. The Morgan fingerprint density at radius 2 is 2.05 bits per heavy atom. The SMILES string of the molecule is Cc1nn(Cc2ccccc2Cl)c(C)c1CN(C)CCC#N. The van der Waals surface area contributed by atoms with Gasteiger partial charge < -0.3 is 4.90 Å². The van der Waals surface area contributed by atoms with Crippen molar-refractivity contribution in [2.75, 3.05) is 13.6 Å². The number of benzene rings is 1. The van der Waals surface area contributed by atoms with Gasteiger partial charge in [0.1, 0.15) is 0 Å². The highest BCUT2D eigenvalue weighted by Crippen LogP contribution is 2.20. The molecule has 0 aliphatic carbocycles. The zero-order valence-electron chi connectivity index (χ0n) is 13.3. The normalized spacial score (nSPS) is 10.9. The van der Waals surface area contributed by atoms with Crippen molar-refractivity contribution < 1.29 is 0 Å². The van der Waals surface area contributed by atoms with Crippen LogP contribution in [0.25, 0.3) is 0 Å². The molecule has 0 saturated heterocycles. The average molecular weight is 317 g/mol. The molecule has 116 valence electrons. The summed E-state index contributed by atoms with van der Waals surface area (Å²) in [4.78, 5) is 2.15. The first-order chi connectivity index (χ1) is 10.5. The number of aryl methyl sites for hydroxylation is 1. The van der Waals surface area contributed by atoms with Crippen molar-refractivity contribution in [2.45, 2.75) is 33.4 Å². The Labute approximate surface area is 136 Å². The van der Waals surface area contributed by atoms with Gasteiger partial charge in [-0.2, -0.15) is 10.4 Å². The van der Waals surface area contributed by atoms with Gasteiger partial charge in [0.05, 0.1) is 18.3 Å². The lowest BCUT2D eigenvalue weighted by atomic mass is 10.1. The maximum absolute atomic E-state index is 8.68. The third-order valence-electron chi connectivity index (χ3n) is 3.84. The van der Waals surface area contributed by atoms with E-state index in [2.05, 4.69) is 23.0 Å². The highest BCUT2D eigenvalue weighted by molar-refractivity contribution is 6.31. The molecule has 2 rings (SSSR count). The van der Waals surface area contributed by atoms with Gasteiger partial charge in [0.2, 0.25) is 0 Å². The minimum Gasteiger partial charge on any atom is -0.301 e. The fourth-order valence-electron chi connectivity index (χ4n) is 2.49. The van der Waals surface area contributed by atoms with Gasteiger partial charge in [0.15, 0.2) is 0 Å². The highest BCUT2D eigenvalue weighted by atomic mass is 35.5. The van der Waals surface area contributed by atoms with E-state index in [0.717, 1.165) is 35.1 Å². The van der Waals surface area contributed by atoms with Crippen molar-refractivity contribution in [1.82, 2.24) is 14.7 Å². The summed E-state index contributed by atoms with van der Waals surface area (Å²) in [6.07, 6.45) is 0.544. The molecule has 1 aromatic carbocycles. The van der Waals surface area contributed by atoms with E-state index >= 15 is 0 Å². The van der Waals surface area contributed by atoms with Crippen LogP contribution >= 0.6 is 11.6 Å². The zero-order chi connectivity index (χ0) is 16.1. The topological polar surface area (TPSA) is 44.9 Å². The third kappa shape index (κ3) is 3.88. The van der Waals surface area contributed by atoms with Crippen LogP contribution in [0.5, 0.6) is 0 Å². The summed E-state index contributed by atoms with van der Waals surface area (Å²) >= 11 is 6.23. The predicted octanol–water partition coefficient (Wildman–Crippen LogP) is 3.55. The quantitative estimate of drug-likeness (QED) is 0.818. The Bertz CT molecular complexity index is 684. The van der Waals surface area contributed by atoms with E-state index in [1.54, 1.807) is 0 Å². The summed E-state index contributed by atoms with van der Waals surface area (Å²) in [7, 11) is 2.03. The Kier molecular flexibility index (Phi) is 5.59. The number of nitrogens with zero attached hydrogens (tertiary/aromatic N) is 4. The van der Waals surface area contributed by atoms with Crippen LogP contribution in [0.2, 0.25) is 5.02 Å². The number of hydrogen-bond donors (Lipinski definition) is 0. The Morgan fingerprint density at radius 1 is 1.32 bits per heavy atom. The smallest absolute Gasteiger partial charge is 0.0677 e. The Morgan fingerprint density at radius 3 is 2.73 bits per heavy atom. The van der Waals surface area contributed by atoms with Crippen molar-refractivity contribution in [3.05, 3.63) is 51.8 Å². The summed E-state index contributed by atoms with van der Waals surface area (Å²) in [5.74, 6) is 0. The second kappa shape index (κ2) is 7.44. The first kappa shape index (κ1) is 16.5. The Hall–Kier alpha value is -1.83. The summed E-state index contributed by atoms with van der Waals surface area (Å²) in [6.45, 7) is 6.37. The predicted molar refractivity (Wildman–Crippen MR) is 88.8 cm³/mol. The summed E-state index contributed by atoms with van der Waals surface area (Å²) in [5, 5.41) is 14.1. The summed E-state index contributed by atoms with van der Waals surface area (Å²) in [6, 6.07) is 10.0. The first-order valence-corrected chi connectivity index (χ1v) is 7.72. The number of hydrogen-bond acceptors (Lipinski definition) is 3. The molecular formula is C17H21ClN4. The van der Waals surface area contributed by atoms with Gasteiger partial charge >= 0.3 is 0 Å². The lowest BCUT2D eigenvalue weighted by molar-refractivity contribution is 0.333. The molecule has 0 spiro atoms. The maximum Gasteiger partial charge on any atom is 0.0677 e. The van der Waals surface area contributed by atoms with Crippen molar-refractivity contribution in [3.63, 3.8) is 0 Å². The molecule has 0 N–H and O–H groups in total. The maximum atomic E-state index is 8.68. The van der Waals surface area contributed by atoms with E-state index in [4.69, 9.17) is 16.9 Å². The molecule has 2 aromatic rings. The number of rotatable bonds is 6. The average Bonchev–Trinajstić information content (AvgIpc) is 2.75. The molecule has 0 unspecified atom stereocenters. The van der Waals surface area contributed by atoms with Gasteiger partial charge in [-0.3, -0.25) is 4.68 Å². The highest BCUT2D eigenvalue weighted by Gasteiger charge is 2.14. The van der Waals surface area contributed by atoms with E-state index in [1.807, 2.05) is 42.9 Å². The minimum atomic E-state index is 0.544. The molecule has 1 heterocycles. The van der Waals surface area contributed by atoms with Gasteiger partial charge in [0.25, 0.3) is 0 Å². The second-order valence-corrected chi connectivity index (χ2v) is 5.95. The van der Waals surface area contributed by atoms with Gasteiger partial charge in [-0.05, 0) is 32.5 Å². The van der Waals surface area contributed by atoms with Crippen LogP contribution in [0.1, 0.15) is 28.9 Å². The molecule has 0 amide bonds. The summed E-state index contributed by atoms with van der Waals surface area (Å²) < 4.78 is 2.00.